The van der Waals surface area contributed by atoms with E-state index in [2.05, 4.69) is 16.5 Å². The van der Waals surface area contributed by atoms with Crippen LogP contribution in [0.15, 0.2) is 54.6 Å². The van der Waals surface area contributed by atoms with Crippen LogP contribution in [0.5, 0.6) is 11.5 Å². The number of hydrogen-bond acceptors (Lipinski definition) is 5. The number of para-hydroxylation sites is 1. The van der Waals surface area contributed by atoms with Crippen LogP contribution in [-0.2, 0) is 0 Å². The van der Waals surface area contributed by atoms with Crippen molar-refractivity contribution in [2.24, 2.45) is 0 Å². The van der Waals surface area contributed by atoms with Crippen LogP contribution in [0.1, 0.15) is 5.69 Å². The van der Waals surface area contributed by atoms with Crippen molar-refractivity contribution in [2.45, 2.75) is 6.92 Å². The summed E-state index contributed by atoms with van der Waals surface area (Å²) in [5.41, 5.74) is 2.81. The van der Waals surface area contributed by atoms with E-state index in [-0.39, 0.29) is 0 Å². The van der Waals surface area contributed by atoms with Gasteiger partial charge in [0.05, 0.1) is 24.9 Å². The highest BCUT2D eigenvalue weighted by atomic mass is 16.5. The van der Waals surface area contributed by atoms with Crippen LogP contribution in [0.3, 0.4) is 0 Å². The summed E-state index contributed by atoms with van der Waals surface area (Å²) in [6.45, 7) is 3.15. The summed E-state index contributed by atoms with van der Waals surface area (Å²) in [7, 11) is 1.65. The van der Waals surface area contributed by atoms with E-state index in [4.69, 9.17) is 14.5 Å². The summed E-state index contributed by atoms with van der Waals surface area (Å²) in [5.74, 6) is 2.47. The highest BCUT2D eigenvalue weighted by Gasteiger charge is 2.09. The Bertz CT molecular complexity index is 1040. The Morgan fingerprint density at radius 1 is 1.04 bits per heavy atom. The van der Waals surface area contributed by atoms with Crippen molar-refractivity contribution < 1.29 is 9.47 Å². The number of benzene rings is 2. The second kappa shape index (κ2) is 6.92. The highest BCUT2D eigenvalue weighted by Crippen LogP contribution is 2.23. The minimum absolute atomic E-state index is 0.534. The van der Waals surface area contributed by atoms with E-state index >= 15 is 0 Å². The van der Waals surface area contributed by atoms with E-state index in [9.17, 15) is 0 Å². The largest absolute Gasteiger partial charge is 0.497 e. The summed E-state index contributed by atoms with van der Waals surface area (Å²) in [6.07, 6.45) is 0. The van der Waals surface area contributed by atoms with Gasteiger partial charge in [-0.25, -0.2) is 9.50 Å². The highest BCUT2D eigenvalue weighted by molar-refractivity contribution is 5.91. The smallest absolute Gasteiger partial charge is 0.158 e. The van der Waals surface area contributed by atoms with Crippen molar-refractivity contribution in [2.75, 3.05) is 25.6 Å². The molecule has 0 bridgehead atoms. The molecule has 0 atom stereocenters. The fourth-order valence-electron chi connectivity index (χ4n) is 2.92. The standard InChI is InChI=1S/C20H20N4O2/c1-14-13-19-22-20(17-5-3-4-6-18(17)24(19)23-14)21-11-12-26-16-9-7-15(25-2)8-10-16/h3-10,13H,11-12H2,1-2H3,(H,21,22). The Kier molecular flexibility index (Phi) is 4.31. The molecule has 132 valence electrons. The average molecular weight is 348 g/mol. The molecule has 2 aromatic carbocycles. The van der Waals surface area contributed by atoms with Crippen LogP contribution < -0.4 is 14.8 Å². The van der Waals surface area contributed by atoms with Crippen molar-refractivity contribution in [3.8, 4) is 11.5 Å². The quantitative estimate of drug-likeness (QED) is 0.539. The van der Waals surface area contributed by atoms with Gasteiger partial charge >= 0.3 is 0 Å². The molecule has 0 saturated heterocycles. The zero-order valence-electron chi connectivity index (χ0n) is 14.8. The second-order valence-corrected chi connectivity index (χ2v) is 5.98. The SMILES string of the molecule is COc1ccc(OCCNc2nc3cc(C)nn3c3ccccc23)cc1. The Balaban J connectivity index is 1.49. The molecule has 6 nitrogen and oxygen atoms in total. The maximum atomic E-state index is 5.77. The Morgan fingerprint density at radius 3 is 2.62 bits per heavy atom. The molecular weight excluding hydrogens is 328 g/mol. The maximum absolute atomic E-state index is 5.77. The van der Waals surface area contributed by atoms with Gasteiger partial charge in [-0.3, -0.25) is 0 Å². The molecule has 1 N–H and O–H groups in total. The number of rotatable bonds is 6. The number of nitrogens with one attached hydrogen (secondary N) is 1. The fourth-order valence-corrected chi connectivity index (χ4v) is 2.92. The van der Waals surface area contributed by atoms with E-state index in [0.717, 1.165) is 39.6 Å². The van der Waals surface area contributed by atoms with Gasteiger partial charge in [0.15, 0.2) is 5.65 Å². The zero-order chi connectivity index (χ0) is 17.9. The van der Waals surface area contributed by atoms with Gasteiger partial charge in [-0.05, 0) is 43.3 Å². The van der Waals surface area contributed by atoms with E-state index in [1.807, 2.05) is 60.0 Å². The van der Waals surface area contributed by atoms with E-state index in [0.29, 0.717) is 13.2 Å². The first kappa shape index (κ1) is 16.2. The lowest BCUT2D eigenvalue weighted by Crippen LogP contribution is -2.13. The number of ether oxygens (including phenoxy) is 2. The first-order chi connectivity index (χ1) is 12.7. The number of hydrogen-bond donors (Lipinski definition) is 1. The summed E-state index contributed by atoms with van der Waals surface area (Å²) in [4.78, 5) is 4.71. The first-order valence-electron chi connectivity index (χ1n) is 8.50. The molecule has 0 aliphatic heterocycles. The van der Waals surface area contributed by atoms with Crippen molar-refractivity contribution >= 4 is 22.4 Å². The van der Waals surface area contributed by atoms with Gasteiger partial charge in [-0.15, -0.1) is 0 Å². The molecule has 4 aromatic rings. The van der Waals surface area contributed by atoms with Crippen LogP contribution in [0, 0.1) is 6.92 Å². The first-order valence-corrected chi connectivity index (χ1v) is 8.50. The predicted octanol–water partition coefficient (Wildman–Crippen LogP) is 3.69. The van der Waals surface area contributed by atoms with Gasteiger partial charge in [-0.2, -0.15) is 5.10 Å². The minimum atomic E-state index is 0.534. The van der Waals surface area contributed by atoms with Crippen molar-refractivity contribution in [1.82, 2.24) is 14.6 Å². The average Bonchev–Trinajstić information content (AvgIpc) is 3.06. The molecular formula is C20H20N4O2. The minimum Gasteiger partial charge on any atom is -0.497 e. The van der Waals surface area contributed by atoms with Gasteiger partial charge in [0.2, 0.25) is 0 Å². The third kappa shape index (κ3) is 3.13. The van der Waals surface area contributed by atoms with Gasteiger partial charge < -0.3 is 14.8 Å². The predicted molar refractivity (Wildman–Crippen MR) is 102 cm³/mol. The lowest BCUT2D eigenvalue weighted by atomic mass is 10.2. The van der Waals surface area contributed by atoms with Crippen molar-refractivity contribution in [3.63, 3.8) is 0 Å². The van der Waals surface area contributed by atoms with Gasteiger partial charge in [-0.1, -0.05) is 12.1 Å². The van der Waals surface area contributed by atoms with E-state index < -0.39 is 0 Å². The van der Waals surface area contributed by atoms with Crippen LogP contribution in [0.4, 0.5) is 5.82 Å². The molecule has 0 aliphatic carbocycles. The van der Waals surface area contributed by atoms with Crippen LogP contribution in [0.2, 0.25) is 0 Å². The van der Waals surface area contributed by atoms with Crippen molar-refractivity contribution in [1.29, 1.82) is 0 Å². The number of anilines is 1. The maximum Gasteiger partial charge on any atom is 0.158 e. The summed E-state index contributed by atoms with van der Waals surface area (Å²) < 4.78 is 12.8. The lowest BCUT2D eigenvalue weighted by Gasteiger charge is -2.11. The molecule has 0 amide bonds. The van der Waals surface area contributed by atoms with Gasteiger partial charge in [0.1, 0.15) is 23.9 Å². The fraction of sp³-hybridized carbons (Fsp3) is 0.200. The lowest BCUT2D eigenvalue weighted by molar-refractivity contribution is 0.331. The third-order valence-electron chi connectivity index (χ3n) is 4.15. The number of aryl methyl sites for hydroxylation is 1. The summed E-state index contributed by atoms with van der Waals surface area (Å²) >= 11 is 0. The molecule has 0 saturated carbocycles. The molecule has 26 heavy (non-hydrogen) atoms. The summed E-state index contributed by atoms with van der Waals surface area (Å²) in [6, 6.07) is 17.6. The number of aromatic nitrogens is 3. The Hall–Kier alpha value is -3.28. The second-order valence-electron chi connectivity index (χ2n) is 5.98. The topological polar surface area (TPSA) is 60.7 Å². The van der Waals surface area contributed by atoms with Crippen molar-refractivity contribution in [3.05, 3.63) is 60.3 Å². The molecule has 0 unspecified atom stereocenters. The van der Waals surface area contributed by atoms with E-state index in [1.54, 1.807) is 7.11 Å². The van der Waals surface area contributed by atoms with Crippen LogP contribution >= 0.6 is 0 Å². The summed E-state index contributed by atoms with van der Waals surface area (Å²) in [5, 5.41) is 8.94. The van der Waals surface area contributed by atoms with E-state index in [1.165, 1.54) is 0 Å². The number of nitrogens with zero attached hydrogens (tertiary/aromatic N) is 3. The molecule has 6 heteroatoms. The number of methoxy groups -OCH3 is 1. The Morgan fingerprint density at radius 2 is 1.81 bits per heavy atom. The van der Waals surface area contributed by atoms with Gasteiger partial charge in [0.25, 0.3) is 0 Å². The van der Waals surface area contributed by atoms with Gasteiger partial charge in [0, 0.05) is 11.5 Å². The molecule has 0 fully saturated rings. The molecule has 0 aliphatic rings. The number of fused-ring (bicyclic) bond motifs is 3. The molecule has 2 aromatic heterocycles. The van der Waals surface area contributed by atoms with Crippen LogP contribution in [-0.4, -0.2) is 34.9 Å². The monoisotopic (exact) mass is 348 g/mol. The molecule has 0 radical (unpaired) electrons. The van der Waals surface area contributed by atoms with Crippen LogP contribution in [0.25, 0.3) is 16.6 Å². The molecule has 4 rings (SSSR count). The molecule has 0 spiro atoms. The molecule has 2 heterocycles. The Labute approximate surface area is 151 Å². The third-order valence-corrected chi connectivity index (χ3v) is 4.15. The zero-order valence-corrected chi connectivity index (χ0v) is 14.8. The normalized spacial score (nSPS) is 11.0.